The van der Waals surface area contributed by atoms with Gasteiger partial charge in [0, 0.05) is 14.5 Å². The summed E-state index contributed by atoms with van der Waals surface area (Å²) < 4.78 is 17.5. The van der Waals surface area contributed by atoms with E-state index in [2.05, 4.69) is 57.8 Å². The van der Waals surface area contributed by atoms with E-state index in [9.17, 15) is 19.2 Å². The highest BCUT2D eigenvalue weighted by Crippen LogP contribution is 2.35. The van der Waals surface area contributed by atoms with Crippen LogP contribution < -0.4 is 10.1 Å². The minimum atomic E-state index is -0.676. The number of urea groups is 1. The van der Waals surface area contributed by atoms with Gasteiger partial charge in [-0.1, -0.05) is 31.9 Å². The quantitative estimate of drug-likeness (QED) is 0.154. The molecule has 1 aliphatic heterocycles. The van der Waals surface area contributed by atoms with Crippen LogP contribution in [-0.2, 0) is 16.1 Å². The maximum absolute atomic E-state index is 13.0. The van der Waals surface area contributed by atoms with Crippen LogP contribution >= 0.6 is 47.8 Å². The van der Waals surface area contributed by atoms with Crippen LogP contribution in [0.15, 0.2) is 72.1 Å². The zero-order valence-electron chi connectivity index (χ0n) is 18.3. The highest BCUT2D eigenvalue weighted by Gasteiger charge is 2.35. The zero-order valence-corrected chi connectivity index (χ0v) is 23.1. The number of rotatable bonds is 6. The number of ether oxygens (including phenoxy) is 2. The van der Waals surface area contributed by atoms with Gasteiger partial charge in [-0.05, 0) is 70.5 Å². The second kappa shape index (κ2) is 10.8. The standard InChI is InChI=1S/C24H15Br3N2O7/c1-34-23(32)19-7-6-16(35-19)11-29-21(30)18(28-24(29)33)9-13-8-15(26)10-17(27)20(13)36-22(31)12-2-4-14(25)5-3-12/h2-10H,11H2,1H3,(H,28,33)/b18-9+. The van der Waals surface area contributed by atoms with Crippen molar-refractivity contribution in [2.45, 2.75) is 6.54 Å². The molecule has 1 aliphatic rings. The van der Waals surface area contributed by atoms with Gasteiger partial charge in [-0.15, -0.1) is 0 Å². The number of amides is 3. The molecule has 36 heavy (non-hydrogen) atoms. The number of carbonyl (C=O) groups excluding carboxylic acids is 4. The van der Waals surface area contributed by atoms with E-state index in [-0.39, 0.29) is 29.5 Å². The molecule has 1 aromatic heterocycles. The second-order valence-corrected chi connectivity index (χ2v) is 10.0. The second-order valence-electron chi connectivity index (χ2n) is 7.34. The highest BCUT2D eigenvalue weighted by molar-refractivity contribution is 9.11. The first-order valence-electron chi connectivity index (χ1n) is 10.1. The van der Waals surface area contributed by atoms with Crippen molar-refractivity contribution in [2.24, 2.45) is 0 Å². The van der Waals surface area contributed by atoms with E-state index in [1.807, 2.05) is 0 Å². The molecule has 0 unspecified atom stereocenters. The molecule has 12 heteroatoms. The van der Waals surface area contributed by atoms with E-state index in [4.69, 9.17) is 9.15 Å². The third-order valence-electron chi connectivity index (χ3n) is 4.94. The van der Waals surface area contributed by atoms with Gasteiger partial charge in [0.1, 0.15) is 11.5 Å². The van der Waals surface area contributed by atoms with E-state index < -0.39 is 23.9 Å². The summed E-state index contributed by atoms with van der Waals surface area (Å²) in [6.45, 7) is -0.202. The number of benzene rings is 2. The van der Waals surface area contributed by atoms with E-state index >= 15 is 0 Å². The molecule has 1 saturated heterocycles. The number of hydrogen-bond donors (Lipinski definition) is 1. The van der Waals surface area contributed by atoms with Crippen LogP contribution in [0.5, 0.6) is 5.75 Å². The lowest BCUT2D eigenvalue weighted by atomic mass is 10.1. The normalized spacial score (nSPS) is 14.2. The van der Waals surface area contributed by atoms with Crippen molar-refractivity contribution in [1.82, 2.24) is 10.2 Å². The molecular formula is C24H15Br3N2O7. The average molecular weight is 683 g/mol. The summed E-state index contributed by atoms with van der Waals surface area (Å²) in [6.07, 6.45) is 1.40. The lowest BCUT2D eigenvalue weighted by Crippen LogP contribution is -2.30. The van der Waals surface area contributed by atoms with Gasteiger partial charge in [-0.25, -0.2) is 14.4 Å². The summed E-state index contributed by atoms with van der Waals surface area (Å²) in [7, 11) is 1.21. The van der Waals surface area contributed by atoms with Crippen molar-refractivity contribution in [1.29, 1.82) is 0 Å². The van der Waals surface area contributed by atoms with Gasteiger partial charge in [0.2, 0.25) is 5.76 Å². The lowest BCUT2D eigenvalue weighted by Gasteiger charge is -2.12. The predicted octanol–water partition coefficient (Wildman–Crippen LogP) is 5.67. The van der Waals surface area contributed by atoms with Crippen molar-refractivity contribution < 1.29 is 33.1 Å². The molecule has 0 saturated carbocycles. The molecule has 0 atom stereocenters. The smallest absolute Gasteiger partial charge is 0.373 e. The summed E-state index contributed by atoms with van der Waals surface area (Å²) in [5.74, 6) is -1.58. The van der Waals surface area contributed by atoms with E-state index in [1.54, 1.807) is 36.4 Å². The third-order valence-corrected chi connectivity index (χ3v) is 6.51. The average Bonchev–Trinajstić information content (AvgIpc) is 3.41. The number of nitrogens with one attached hydrogen (secondary N) is 1. The first-order valence-corrected chi connectivity index (χ1v) is 12.5. The Balaban J connectivity index is 1.59. The maximum atomic E-state index is 13.0. The summed E-state index contributed by atoms with van der Waals surface area (Å²) in [5.41, 5.74) is 0.650. The van der Waals surface area contributed by atoms with Crippen LogP contribution in [-0.4, -0.2) is 35.9 Å². The number of imide groups is 1. The minimum absolute atomic E-state index is 0.0364. The van der Waals surface area contributed by atoms with E-state index in [0.29, 0.717) is 20.1 Å². The topological polar surface area (TPSA) is 115 Å². The molecular weight excluding hydrogens is 668 g/mol. The summed E-state index contributed by atoms with van der Waals surface area (Å²) in [6, 6.07) is 12.1. The fraction of sp³-hybridized carbons (Fsp3) is 0.0833. The Morgan fingerprint density at radius 3 is 2.42 bits per heavy atom. The fourth-order valence-electron chi connectivity index (χ4n) is 3.23. The van der Waals surface area contributed by atoms with Gasteiger partial charge in [-0.3, -0.25) is 9.69 Å². The minimum Gasteiger partial charge on any atom is -0.463 e. The number of carbonyl (C=O) groups is 4. The molecule has 1 fully saturated rings. The van der Waals surface area contributed by atoms with Crippen molar-refractivity contribution in [3.8, 4) is 5.75 Å². The Morgan fingerprint density at radius 1 is 1.00 bits per heavy atom. The van der Waals surface area contributed by atoms with Crippen LogP contribution in [0, 0.1) is 0 Å². The molecule has 3 aromatic rings. The molecule has 2 heterocycles. The van der Waals surface area contributed by atoms with E-state index in [1.165, 1.54) is 25.3 Å². The summed E-state index contributed by atoms with van der Waals surface area (Å²) in [4.78, 5) is 50.7. The SMILES string of the molecule is COC(=O)c1ccc(CN2C(=O)N/C(=C/c3cc(Br)cc(Br)c3OC(=O)c3ccc(Br)cc3)C2=O)o1. The largest absolute Gasteiger partial charge is 0.463 e. The van der Waals surface area contributed by atoms with Gasteiger partial charge < -0.3 is 19.2 Å². The van der Waals surface area contributed by atoms with Crippen molar-refractivity contribution in [3.05, 3.63) is 90.3 Å². The lowest BCUT2D eigenvalue weighted by molar-refractivity contribution is -0.123. The Hall–Kier alpha value is -3.22. The van der Waals surface area contributed by atoms with Crippen LogP contribution in [0.4, 0.5) is 4.79 Å². The number of hydrogen-bond acceptors (Lipinski definition) is 7. The Kier molecular flexibility index (Phi) is 7.76. The van der Waals surface area contributed by atoms with Gasteiger partial charge in [-0.2, -0.15) is 0 Å². The molecule has 3 amide bonds. The Bertz CT molecular complexity index is 1410. The highest BCUT2D eigenvalue weighted by atomic mass is 79.9. The van der Waals surface area contributed by atoms with Crippen molar-refractivity contribution >= 4 is 77.7 Å². The molecule has 0 radical (unpaired) electrons. The van der Waals surface area contributed by atoms with Crippen molar-refractivity contribution in [2.75, 3.05) is 7.11 Å². The molecule has 0 spiro atoms. The number of nitrogens with zero attached hydrogens (tertiary/aromatic N) is 1. The number of methoxy groups -OCH3 is 1. The summed E-state index contributed by atoms with van der Waals surface area (Å²) in [5, 5.41) is 2.51. The van der Waals surface area contributed by atoms with Gasteiger partial charge in [0.05, 0.1) is 23.7 Å². The molecule has 4 rings (SSSR count). The first-order chi connectivity index (χ1) is 17.2. The number of furan rings is 1. The van der Waals surface area contributed by atoms with Gasteiger partial charge in [0.15, 0.2) is 5.75 Å². The zero-order chi connectivity index (χ0) is 26.0. The molecule has 0 bridgehead atoms. The van der Waals surface area contributed by atoms with Crippen LogP contribution in [0.3, 0.4) is 0 Å². The molecule has 9 nitrogen and oxygen atoms in total. The molecule has 1 N–H and O–H groups in total. The Morgan fingerprint density at radius 2 is 1.72 bits per heavy atom. The molecule has 2 aromatic carbocycles. The molecule has 184 valence electrons. The maximum Gasteiger partial charge on any atom is 0.373 e. The van der Waals surface area contributed by atoms with Crippen molar-refractivity contribution in [3.63, 3.8) is 0 Å². The van der Waals surface area contributed by atoms with Gasteiger partial charge in [0.25, 0.3) is 5.91 Å². The Labute approximate surface area is 229 Å². The van der Waals surface area contributed by atoms with Crippen LogP contribution in [0.25, 0.3) is 6.08 Å². The molecule has 0 aliphatic carbocycles. The monoisotopic (exact) mass is 680 g/mol. The van der Waals surface area contributed by atoms with E-state index in [0.717, 1.165) is 9.37 Å². The fourth-order valence-corrected chi connectivity index (χ4v) is 4.84. The van der Waals surface area contributed by atoms with Gasteiger partial charge >= 0.3 is 18.0 Å². The predicted molar refractivity (Wildman–Crippen MR) is 138 cm³/mol. The van der Waals surface area contributed by atoms with Crippen LogP contribution in [0.1, 0.15) is 32.2 Å². The number of halogens is 3. The third kappa shape index (κ3) is 5.61. The summed E-state index contributed by atoms with van der Waals surface area (Å²) >= 11 is 10.1. The first kappa shape index (κ1) is 25.9. The van der Waals surface area contributed by atoms with Crippen LogP contribution in [0.2, 0.25) is 0 Å². The number of esters is 2.